The van der Waals surface area contributed by atoms with Crippen molar-refractivity contribution in [2.45, 2.75) is 49.5 Å². The van der Waals surface area contributed by atoms with Crippen molar-refractivity contribution in [2.24, 2.45) is 5.92 Å². The Bertz CT molecular complexity index is 758. The van der Waals surface area contributed by atoms with Crippen molar-refractivity contribution in [3.05, 3.63) is 35.6 Å². The summed E-state index contributed by atoms with van der Waals surface area (Å²) in [5.74, 6) is -0.0216. The molecule has 1 aliphatic carbocycles. The Labute approximate surface area is 171 Å². The Kier molecular flexibility index (Phi) is 7.77. The van der Waals surface area contributed by atoms with Crippen LogP contribution in [0.1, 0.15) is 44.1 Å². The summed E-state index contributed by atoms with van der Waals surface area (Å²) in [5, 5.41) is 3.75. The number of nitrogens with zero attached hydrogens (tertiary/aromatic N) is 1. The molecule has 2 aliphatic rings. The first-order valence-corrected chi connectivity index (χ1v) is 12.7. The molecule has 2 fully saturated rings. The standard InChI is InChI=1S/C20H29FN2O3S2/c21-19-8-4-1-5-17(19)15-28(25,26)23-12-9-16(10-13-23)20(24)22-11-14-27-18-6-2-3-7-18/h1,4-5,8,16,18H,2-3,6-7,9-15H2,(H,22,24). The average Bonchev–Trinajstić information content (AvgIpc) is 3.20. The van der Waals surface area contributed by atoms with E-state index >= 15 is 0 Å². The number of hydrogen-bond donors (Lipinski definition) is 1. The van der Waals surface area contributed by atoms with Gasteiger partial charge in [-0.3, -0.25) is 4.79 Å². The van der Waals surface area contributed by atoms with Gasteiger partial charge in [0.25, 0.3) is 0 Å². The molecule has 5 nitrogen and oxygen atoms in total. The smallest absolute Gasteiger partial charge is 0.223 e. The molecular weight excluding hydrogens is 399 g/mol. The molecule has 1 heterocycles. The lowest BCUT2D eigenvalue weighted by atomic mass is 9.97. The minimum atomic E-state index is -3.58. The summed E-state index contributed by atoms with van der Waals surface area (Å²) in [6.45, 7) is 1.29. The fraction of sp³-hybridized carbons (Fsp3) is 0.650. The minimum Gasteiger partial charge on any atom is -0.355 e. The third-order valence-electron chi connectivity index (χ3n) is 5.57. The molecule has 1 N–H and O–H groups in total. The van der Waals surface area contributed by atoms with Gasteiger partial charge in [0.2, 0.25) is 15.9 Å². The van der Waals surface area contributed by atoms with Gasteiger partial charge in [-0.2, -0.15) is 11.8 Å². The van der Waals surface area contributed by atoms with E-state index in [9.17, 15) is 17.6 Å². The molecule has 3 rings (SSSR count). The summed E-state index contributed by atoms with van der Waals surface area (Å²) >= 11 is 1.95. The molecule has 0 spiro atoms. The van der Waals surface area contributed by atoms with E-state index in [1.807, 2.05) is 11.8 Å². The van der Waals surface area contributed by atoms with E-state index in [4.69, 9.17) is 0 Å². The highest BCUT2D eigenvalue weighted by Crippen LogP contribution is 2.29. The van der Waals surface area contributed by atoms with Gasteiger partial charge in [-0.15, -0.1) is 0 Å². The number of carbonyl (C=O) groups excluding carboxylic acids is 1. The van der Waals surface area contributed by atoms with Crippen molar-refractivity contribution in [2.75, 3.05) is 25.4 Å². The number of halogens is 1. The maximum atomic E-state index is 13.8. The number of carbonyl (C=O) groups is 1. The second kappa shape index (κ2) is 10.1. The first-order valence-electron chi connectivity index (χ1n) is 10.1. The number of amides is 1. The largest absolute Gasteiger partial charge is 0.355 e. The van der Waals surface area contributed by atoms with Gasteiger partial charge >= 0.3 is 0 Å². The monoisotopic (exact) mass is 428 g/mol. The molecule has 0 atom stereocenters. The number of piperidine rings is 1. The summed E-state index contributed by atoms with van der Waals surface area (Å²) in [6.07, 6.45) is 6.25. The van der Waals surface area contributed by atoms with Crippen LogP contribution in [0.3, 0.4) is 0 Å². The highest BCUT2D eigenvalue weighted by molar-refractivity contribution is 7.99. The lowest BCUT2D eigenvalue weighted by Crippen LogP contribution is -2.43. The maximum Gasteiger partial charge on any atom is 0.223 e. The third-order valence-corrected chi connectivity index (χ3v) is 8.78. The number of thioether (sulfide) groups is 1. The lowest BCUT2D eigenvalue weighted by Gasteiger charge is -2.30. The van der Waals surface area contributed by atoms with E-state index in [2.05, 4.69) is 5.32 Å². The topological polar surface area (TPSA) is 66.5 Å². The van der Waals surface area contributed by atoms with E-state index in [0.29, 0.717) is 32.5 Å². The fourth-order valence-electron chi connectivity index (χ4n) is 3.90. The Balaban J connectivity index is 1.40. The van der Waals surface area contributed by atoms with Crippen molar-refractivity contribution in [1.82, 2.24) is 9.62 Å². The molecule has 156 valence electrons. The molecule has 0 bridgehead atoms. The van der Waals surface area contributed by atoms with Crippen molar-refractivity contribution < 1.29 is 17.6 Å². The molecule has 0 aromatic heterocycles. The van der Waals surface area contributed by atoms with Gasteiger partial charge in [0, 0.05) is 42.1 Å². The molecule has 0 radical (unpaired) electrons. The van der Waals surface area contributed by atoms with E-state index < -0.39 is 15.8 Å². The van der Waals surface area contributed by atoms with Gasteiger partial charge in [0.1, 0.15) is 5.82 Å². The summed E-state index contributed by atoms with van der Waals surface area (Å²) in [5.41, 5.74) is 0.183. The van der Waals surface area contributed by atoms with Crippen molar-refractivity contribution >= 4 is 27.7 Å². The first-order chi connectivity index (χ1) is 13.5. The van der Waals surface area contributed by atoms with Gasteiger partial charge in [-0.05, 0) is 31.7 Å². The Morgan fingerprint density at radius 2 is 1.82 bits per heavy atom. The molecule has 1 amide bonds. The van der Waals surface area contributed by atoms with Crippen LogP contribution >= 0.6 is 11.8 Å². The number of hydrogen-bond acceptors (Lipinski definition) is 4. The van der Waals surface area contributed by atoms with E-state index in [0.717, 1.165) is 11.0 Å². The van der Waals surface area contributed by atoms with E-state index in [1.54, 1.807) is 12.1 Å². The molecule has 1 aromatic rings. The predicted molar refractivity (Wildman–Crippen MR) is 111 cm³/mol. The molecule has 28 heavy (non-hydrogen) atoms. The van der Waals surface area contributed by atoms with Crippen LogP contribution in [0.5, 0.6) is 0 Å². The number of nitrogens with one attached hydrogen (secondary N) is 1. The highest BCUT2D eigenvalue weighted by atomic mass is 32.2. The third kappa shape index (κ3) is 5.94. The Hall–Kier alpha value is -1.12. The zero-order valence-electron chi connectivity index (χ0n) is 16.1. The minimum absolute atomic E-state index is 0.0261. The molecule has 8 heteroatoms. The Morgan fingerprint density at radius 3 is 2.50 bits per heavy atom. The molecule has 1 saturated heterocycles. The van der Waals surface area contributed by atoms with Crippen LogP contribution in [-0.2, 0) is 20.6 Å². The second-order valence-corrected chi connectivity index (χ2v) is 11.0. The molecule has 1 aromatic carbocycles. The van der Waals surface area contributed by atoms with Crippen LogP contribution in [0.4, 0.5) is 4.39 Å². The predicted octanol–water partition coefficient (Wildman–Crippen LogP) is 3.16. The van der Waals surface area contributed by atoms with Gasteiger partial charge in [0.05, 0.1) is 5.75 Å². The number of benzene rings is 1. The van der Waals surface area contributed by atoms with Crippen molar-refractivity contribution in [3.8, 4) is 0 Å². The van der Waals surface area contributed by atoms with Gasteiger partial charge < -0.3 is 5.32 Å². The van der Waals surface area contributed by atoms with Gasteiger partial charge in [-0.25, -0.2) is 17.1 Å². The maximum absolute atomic E-state index is 13.8. The van der Waals surface area contributed by atoms with Crippen LogP contribution < -0.4 is 5.32 Å². The summed E-state index contributed by atoms with van der Waals surface area (Å²) in [4.78, 5) is 12.3. The zero-order chi connectivity index (χ0) is 20.0. The second-order valence-electron chi connectivity index (χ2n) is 7.59. The quantitative estimate of drug-likeness (QED) is 0.646. The molecule has 0 unspecified atom stereocenters. The van der Waals surface area contributed by atoms with Crippen molar-refractivity contribution in [1.29, 1.82) is 0 Å². The normalized spacial score (nSPS) is 19.8. The Morgan fingerprint density at radius 1 is 1.14 bits per heavy atom. The highest BCUT2D eigenvalue weighted by Gasteiger charge is 2.31. The van der Waals surface area contributed by atoms with Crippen LogP contribution in [0, 0.1) is 11.7 Å². The number of rotatable bonds is 8. The van der Waals surface area contributed by atoms with Crippen LogP contribution in [-0.4, -0.2) is 49.3 Å². The van der Waals surface area contributed by atoms with E-state index in [1.165, 1.54) is 42.1 Å². The van der Waals surface area contributed by atoms with Crippen molar-refractivity contribution in [3.63, 3.8) is 0 Å². The summed E-state index contributed by atoms with van der Waals surface area (Å²) in [7, 11) is -3.58. The summed E-state index contributed by atoms with van der Waals surface area (Å²) in [6, 6.07) is 5.94. The SMILES string of the molecule is O=C(NCCSC1CCCC1)C1CCN(S(=O)(=O)Cc2ccccc2F)CC1. The van der Waals surface area contributed by atoms with Crippen LogP contribution in [0.25, 0.3) is 0 Å². The van der Waals surface area contributed by atoms with Crippen LogP contribution in [0.2, 0.25) is 0 Å². The van der Waals surface area contributed by atoms with Gasteiger partial charge in [0.15, 0.2) is 0 Å². The average molecular weight is 429 g/mol. The molecule has 1 saturated carbocycles. The fourth-order valence-corrected chi connectivity index (χ4v) is 6.70. The summed E-state index contributed by atoms with van der Waals surface area (Å²) < 4.78 is 40.3. The zero-order valence-corrected chi connectivity index (χ0v) is 17.7. The number of sulfonamides is 1. The van der Waals surface area contributed by atoms with Gasteiger partial charge in [-0.1, -0.05) is 31.0 Å². The van der Waals surface area contributed by atoms with E-state index in [-0.39, 0.29) is 23.1 Å². The first kappa shape index (κ1) is 21.6. The lowest BCUT2D eigenvalue weighted by molar-refractivity contribution is -0.125. The molecule has 1 aliphatic heterocycles. The molecular formula is C20H29FN2O3S2. The van der Waals surface area contributed by atoms with Crippen LogP contribution in [0.15, 0.2) is 24.3 Å².